The van der Waals surface area contributed by atoms with Crippen molar-refractivity contribution >= 4 is 62.0 Å². The summed E-state index contributed by atoms with van der Waals surface area (Å²) in [6.45, 7) is 5.69. The zero-order valence-corrected chi connectivity index (χ0v) is 30.6. The number of esters is 2. The monoisotopic (exact) mass is 751 g/mol. The van der Waals surface area contributed by atoms with Gasteiger partial charge in [-0.25, -0.2) is 4.79 Å². The van der Waals surface area contributed by atoms with Gasteiger partial charge in [0.1, 0.15) is 5.75 Å². The Kier molecular flexibility index (Phi) is 12.4. The van der Waals surface area contributed by atoms with Crippen LogP contribution in [0.4, 0.5) is 5.69 Å². The number of carbonyl (C=O) groups is 3. The average Bonchev–Trinajstić information content (AvgIpc) is 3.38. The quantitative estimate of drug-likeness (QED) is 0.0828. The Morgan fingerprint density at radius 2 is 1.69 bits per heavy atom. The number of ether oxygens (including phenoxy) is 3. The van der Waals surface area contributed by atoms with E-state index in [-0.39, 0.29) is 25.5 Å². The number of aromatic nitrogens is 1. The summed E-state index contributed by atoms with van der Waals surface area (Å²) in [5.74, 6) is -0.553. The highest BCUT2D eigenvalue weighted by molar-refractivity contribution is 9.10. The molecule has 9 nitrogen and oxygen atoms in total. The lowest BCUT2D eigenvalue weighted by Crippen LogP contribution is -2.36. The first-order chi connectivity index (χ1) is 23.6. The Hall–Kier alpha value is -3.86. The molecule has 0 atom stereocenters. The SMILES string of the molecule is CCN(Cc1cc(C(=O)OCCCOC(=O)Cc2c(C)n(C(=O)c3ccc(Cl)cc3)c3ccc(OC)cc23)cc(Br)c1N)C1CCCCC1. The van der Waals surface area contributed by atoms with E-state index in [4.69, 9.17) is 31.5 Å². The van der Waals surface area contributed by atoms with Gasteiger partial charge in [0.25, 0.3) is 5.91 Å². The highest BCUT2D eigenvalue weighted by Crippen LogP contribution is 2.32. The molecule has 0 unspecified atom stereocenters. The summed E-state index contributed by atoms with van der Waals surface area (Å²) >= 11 is 9.55. The molecule has 1 aliphatic carbocycles. The van der Waals surface area contributed by atoms with Crippen LogP contribution in [-0.2, 0) is 27.2 Å². The second-order valence-electron chi connectivity index (χ2n) is 12.4. The first-order valence-electron chi connectivity index (χ1n) is 16.7. The molecular weight excluding hydrogens is 710 g/mol. The van der Waals surface area contributed by atoms with Crippen LogP contribution in [0.3, 0.4) is 0 Å². The summed E-state index contributed by atoms with van der Waals surface area (Å²) in [5.41, 5.74) is 10.8. The summed E-state index contributed by atoms with van der Waals surface area (Å²) in [7, 11) is 1.56. The number of anilines is 1. The highest BCUT2D eigenvalue weighted by atomic mass is 79.9. The van der Waals surface area contributed by atoms with Crippen LogP contribution in [0.15, 0.2) is 59.1 Å². The Morgan fingerprint density at radius 1 is 0.980 bits per heavy atom. The molecule has 5 rings (SSSR count). The number of hydrogen-bond acceptors (Lipinski definition) is 8. The number of nitrogen functional groups attached to an aromatic ring is 1. The van der Waals surface area contributed by atoms with E-state index < -0.39 is 11.9 Å². The predicted molar refractivity (Wildman–Crippen MR) is 195 cm³/mol. The van der Waals surface area contributed by atoms with Gasteiger partial charge in [0.15, 0.2) is 0 Å². The van der Waals surface area contributed by atoms with Gasteiger partial charge < -0.3 is 19.9 Å². The van der Waals surface area contributed by atoms with Crippen LogP contribution in [0.25, 0.3) is 10.9 Å². The predicted octanol–water partition coefficient (Wildman–Crippen LogP) is 8.13. The van der Waals surface area contributed by atoms with Crippen molar-refractivity contribution in [2.75, 3.05) is 32.6 Å². The summed E-state index contributed by atoms with van der Waals surface area (Å²) in [4.78, 5) is 42.0. The van der Waals surface area contributed by atoms with E-state index >= 15 is 0 Å². The van der Waals surface area contributed by atoms with E-state index in [1.54, 1.807) is 61.1 Å². The number of nitrogens with two attached hydrogens (primary N) is 1. The van der Waals surface area contributed by atoms with Crippen molar-refractivity contribution in [1.82, 2.24) is 9.47 Å². The fourth-order valence-electron chi connectivity index (χ4n) is 6.57. The van der Waals surface area contributed by atoms with Crippen LogP contribution in [-0.4, -0.2) is 60.2 Å². The molecule has 3 aromatic carbocycles. The third-order valence-corrected chi connectivity index (χ3v) is 10.2. The molecule has 260 valence electrons. The third kappa shape index (κ3) is 8.66. The van der Waals surface area contributed by atoms with Crippen molar-refractivity contribution in [3.8, 4) is 5.75 Å². The van der Waals surface area contributed by atoms with Gasteiger partial charge in [-0.15, -0.1) is 0 Å². The fraction of sp³-hybridized carbons (Fsp3) is 0.395. The summed E-state index contributed by atoms with van der Waals surface area (Å²) < 4.78 is 18.7. The molecule has 1 aromatic heterocycles. The molecule has 49 heavy (non-hydrogen) atoms. The minimum Gasteiger partial charge on any atom is -0.497 e. The second-order valence-corrected chi connectivity index (χ2v) is 13.7. The molecule has 0 radical (unpaired) electrons. The average molecular weight is 753 g/mol. The molecule has 1 heterocycles. The zero-order chi connectivity index (χ0) is 35.1. The van der Waals surface area contributed by atoms with E-state index in [9.17, 15) is 14.4 Å². The number of methoxy groups -OCH3 is 1. The first kappa shape index (κ1) is 36.4. The Bertz CT molecular complexity index is 1820. The molecule has 2 N–H and O–H groups in total. The Balaban J connectivity index is 1.18. The molecule has 0 spiro atoms. The number of rotatable bonds is 13. The summed E-state index contributed by atoms with van der Waals surface area (Å²) in [6, 6.07) is 16.1. The summed E-state index contributed by atoms with van der Waals surface area (Å²) in [5, 5.41) is 1.25. The van der Waals surface area contributed by atoms with Gasteiger partial charge in [0.05, 0.1) is 43.5 Å². The molecule has 0 bridgehead atoms. The standard InChI is InChI=1S/C38H43BrClN3O6/c1-4-42(29-9-6-5-7-10-29)23-27-19-26(20-33(39)36(27)41)38(46)49-18-8-17-48-35(44)22-31-24(2)43(34-16-15-30(47-3)21-32(31)34)37(45)25-11-13-28(40)14-12-25/h11-16,19-21,29H,4-10,17-18,22-23,41H2,1-3H3. The number of halogens is 2. The van der Waals surface area contributed by atoms with E-state index in [2.05, 4.69) is 27.8 Å². The van der Waals surface area contributed by atoms with Gasteiger partial charge in [0.2, 0.25) is 0 Å². The van der Waals surface area contributed by atoms with Crippen molar-refractivity contribution in [3.05, 3.63) is 92.0 Å². The van der Waals surface area contributed by atoms with Gasteiger partial charge >= 0.3 is 11.9 Å². The molecule has 0 aliphatic heterocycles. The van der Waals surface area contributed by atoms with Crippen LogP contribution in [0.1, 0.15) is 83.0 Å². The van der Waals surface area contributed by atoms with Crippen molar-refractivity contribution in [2.45, 2.75) is 71.4 Å². The number of benzene rings is 3. The second kappa shape index (κ2) is 16.7. The van der Waals surface area contributed by atoms with Crippen molar-refractivity contribution < 1.29 is 28.6 Å². The van der Waals surface area contributed by atoms with Gasteiger partial charge in [-0.1, -0.05) is 37.8 Å². The minimum absolute atomic E-state index is 0.0476. The van der Waals surface area contributed by atoms with Crippen LogP contribution in [0, 0.1) is 6.92 Å². The van der Waals surface area contributed by atoms with E-state index in [0.29, 0.717) is 67.8 Å². The summed E-state index contributed by atoms with van der Waals surface area (Å²) in [6.07, 6.45) is 6.42. The van der Waals surface area contributed by atoms with E-state index in [1.807, 2.05) is 12.1 Å². The van der Waals surface area contributed by atoms with Crippen LogP contribution >= 0.6 is 27.5 Å². The van der Waals surface area contributed by atoms with Gasteiger partial charge in [-0.2, -0.15) is 0 Å². The molecule has 1 aliphatic rings. The van der Waals surface area contributed by atoms with Crippen LogP contribution in [0.2, 0.25) is 5.02 Å². The van der Waals surface area contributed by atoms with Crippen LogP contribution in [0.5, 0.6) is 5.75 Å². The number of hydrogen-bond donors (Lipinski definition) is 1. The van der Waals surface area contributed by atoms with Gasteiger partial charge in [0, 0.05) is 45.1 Å². The Labute approximate surface area is 300 Å². The fourth-order valence-corrected chi connectivity index (χ4v) is 7.20. The van der Waals surface area contributed by atoms with Crippen molar-refractivity contribution in [1.29, 1.82) is 0 Å². The third-order valence-electron chi connectivity index (χ3n) is 9.26. The molecular formula is C38H43BrClN3O6. The van der Waals surface area contributed by atoms with Crippen molar-refractivity contribution in [3.63, 3.8) is 0 Å². The largest absolute Gasteiger partial charge is 0.497 e. The molecule has 11 heteroatoms. The highest BCUT2D eigenvalue weighted by Gasteiger charge is 2.24. The van der Waals surface area contributed by atoms with E-state index in [1.165, 1.54) is 32.1 Å². The molecule has 4 aromatic rings. The lowest BCUT2D eigenvalue weighted by atomic mass is 9.93. The minimum atomic E-state index is -0.461. The van der Waals surface area contributed by atoms with Crippen molar-refractivity contribution in [2.24, 2.45) is 0 Å². The zero-order valence-electron chi connectivity index (χ0n) is 28.2. The first-order valence-corrected chi connectivity index (χ1v) is 17.9. The van der Waals surface area contributed by atoms with E-state index in [0.717, 1.165) is 17.5 Å². The van der Waals surface area contributed by atoms with Gasteiger partial charge in [-0.3, -0.25) is 19.1 Å². The lowest BCUT2D eigenvalue weighted by molar-refractivity contribution is -0.143. The lowest BCUT2D eigenvalue weighted by Gasteiger charge is -2.34. The molecule has 1 saturated carbocycles. The normalized spacial score (nSPS) is 13.5. The molecule has 1 fully saturated rings. The number of nitrogens with zero attached hydrogens (tertiary/aromatic N) is 2. The topological polar surface area (TPSA) is 113 Å². The maximum absolute atomic E-state index is 13.5. The molecule has 0 saturated heterocycles. The number of fused-ring (bicyclic) bond motifs is 1. The smallest absolute Gasteiger partial charge is 0.338 e. The molecule has 0 amide bonds. The maximum Gasteiger partial charge on any atom is 0.338 e. The van der Waals surface area contributed by atoms with Gasteiger partial charge in [-0.05, 0) is 108 Å². The number of carbonyl (C=O) groups excluding carboxylic acids is 3. The Morgan fingerprint density at radius 3 is 2.39 bits per heavy atom. The van der Waals surface area contributed by atoms with Crippen LogP contribution < -0.4 is 10.5 Å². The maximum atomic E-state index is 13.5.